The van der Waals surface area contributed by atoms with Crippen molar-refractivity contribution < 1.29 is 9.53 Å². The highest BCUT2D eigenvalue weighted by atomic mass is 16.5. The van der Waals surface area contributed by atoms with E-state index in [1.165, 1.54) is 25.7 Å². The third-order valence-corrected chi connectivity index (χ3v) is 1.75. The van der Waals surface area contributed by atoms with E-state index < -0.39 is 0 Å². The fraction of sp³-hybridized carbons (Fsp3) is 0.889. The predicted octanol–water partition coefficient (Wildman–Crippen LogP) is 2.38. The second-order valence-corrected chi connectivity index (χ2v) is 3.03. The Bertz CT molecular complexity index is 91.6. The zero-order valence-corrected chi connectivity index (χ0v) is 7.51. The normalized spacial score (nSPS) is 12.5. The van der Waals surface area contributed by atoms with Gasteiger partial charge in [0, 0.05) is 0 Å². The average molecular weight is 158 g/mol. The van der Waals surface area contributed by atoms with E-state index in [1.54, 1.807) is 0 Å². The molecule has 0 aromatic heterocycles. The molecule has 11 heavy (non-hydrogen) atoms. The molecule has 1 atom stereocenters. The van der Waals surface area contributed by atoms with Crippen LogP contribution in [0.4, 0.5) is 0 Å². The summed E-state index contributed by atoms with van der Waals surface area (Å²) in [6, 6.07) is 0. The first-order valence-electron chi connectivity index (χ1n) is 4.36. The van der Waals surface area contributed by atoms with Crippen molar-refractivity contribution in [3.05, 3.63) is 0 Å². The maximum absolute atomic E-state index is 9.82. The van der Waals surface area contributed by atoms with E-state index in [0.717, 1.165) is 0 Å². The van der Waals surface area contributed by atoms with Gasteiger partial charge in [-0.1, -0.05) is 33.1 Å². The molecule has 0 radical (unpaired) electrons. The molecular formula is C9H18O2. The van der Waals surface area contributed by atoms with Gasteiger partial charge in [0.1, 0.15) is 0 Å². The molecular weight excluding hydrogens is 140 g/mol. The van der Waals surface area contributed by atoms with Crippen LogP contribution >= 0.6 is 0 Å². The maximum atomic E-state index is 9.82. The van der Waals surface area contributed by atoms with Crippen molar-refractivity contribution in [2.75, 3.05) is 6.61 Å². The summed E-state index contributed by atoms with van der Waals surface area (Å²) >= 11 is 0. The Morgan fingerprint density at radius 3 is 2.73 bits per heavy atom. The van der Waals surface area contributed by atoms with Crippen molar-refractivity contribution in [1.29, 1.82) is 0 Å². The molecule has 0 aromatic carbocycles. The minimum Gasteiger partial charge on any atom is -0.468 e. The number of carbonyl (C=O) groups excluding carboxylic acids is 1. The molecule has 0 N–H and O–H groups in total. The standard InChI is InChI=1S/C9H18O2/c1-3-4-5-6-9(2)7-11-8-10/h8-9H,3-7H2,1-2H3. The Hall–Kier alpha value is -0.530. The number of carbonyl (C=O) groups is 1. The lowest BCUT2D eigenvalue weighted by molar-refractivity contribution is -0.129. The molecule has 0 amide bonds. The zero-order chi connectivity index (χ0) is 8.53. The third-order valence-electron chi connectivity index (χ3n) is 1.75. The summed E-state index contributed by atoms with van der Waals surface area (Å²) in [6.07, 6.45) is 4.95. The maximum Gasteiger partial charge on any atom is 0.293 e. The second kappa shape index (κ2) is 7.58. The molecule has 0 spiro atoms. The van der Waals surface area contributed by atoms with Crippen LogP contribution in [-0.2, 0) is 9.53 Å². The molecule has 0 saturated heterocycles. The van der Waals surface area contributed by atoms with Gasteiger partial charge >= 0.3 is 0 Å². The van der Waals surface area contributed by atoms with Crippen molar-refractivity contribution in [1.82, 2.24) is 0 Å². The molecule has 0 bridgehead atoms. The molecule has 0 aromatic rings. The second-order valence-electron chi connectivity index (χ2n) is 3.03. The first-order valence-corrected chi connectivity index (χ1v) is 4.36. The van der Waals surface area contributed by atoms with E-state index in [-0.39, 0.29) is 0 Å². The highest BCUT2D eigenvalue weighted by molar-refractivity contribution is 5.36. The number of hydrogen-bond donors (Lipinski definition) is 0. The van der Waals surface area contributed by atoms with Crippen LogP contribution in [0.5, 0.6) is 0 Å². The molecule has 66 valence electrons. The lowest BCUT2D eigenvalue weighted by Crippen LogP contribution is -2.04. The predicted molar refractivity (Wildman–Crippen MR) is 45.3 cm³/mol. The number of ether oxygens (including phenoxy) is 1. The van der Waals surface area contributed by atoms with Gasteiger partial charge in [0.15, 0.2) is 0 Å². The molecule has 0 fully saturated rings. The fourth-order valence-corrected chi connectivity index (χ4v) is 1.03. The summed E-state index contributed by atoms with van der Waals surface area (Å²) < 4.78 is 4.65. The largest absolute Gasteiger partial charge is 0.468 e. The average Bonchev–Trinajstić information content (AvgIpc) is 2.01. The summed E-state index contributed by atoms with van der Waals surface area (Å²) in [5.41, 5.74) is 0. The minimum absolute atomic E-state index is 0.520. The number of rotatable bonds is 7. The first kappa shape index (κ1) is 10.5. The Kier molecular flexibility index (Phi) is 7.21. The monoisotopic (exact) mass is 158 g/mol. The van der Waals surface area contributed by atoms with Gasteiger partial charge in [0.25, 0.3) is 6.47 Å². The van der Waals surface area contributed by atoms with Gasteiger partial charge in [-0.25, -0.2) is 0 Å². The van der Waals surface area contributed by atoms with Gasteiger partial charge in [0.05, 0.1) is 6.61 Å². The van der Waals surface area contributed by atoms with Crippen molar-refractivity contribution in [3.63, 3.8) is 0 Å². The fourth-order valence-electron chi connectivity index (χ4n) is 1.03. The van der Waals surface area contributed by atoms with E-state index in [9.17, 15) is 4.79 Å². The van der Waals surface area contributed by atoms with Crippen LogP contribution in [0.25, 0.3) is 0 Å². The van der Waals surface area contributed by atoms with E-state index >= 15 is 0 Å². The molecule has 0 saturated carbocycles. The molecule has 0 rings (SSSR count). The van der Waals surface area contributed by atoms with Crippen LogP contribution in [0.15, 0.2) is 0 Å². The van der Waals surface area contributed by atoms with Crippen LogP contribution < -0.4 is 0 Å². The van der Waals surface area contributed by atoms with Gasteiger partial charge in [-0.3, -0.25) is 4.79 Å². The smallest absolute Gasteiger partial charge is 0.293 e. The molecule has 1 unspecified atom stereocenters. The van der Waals surface area contributed by atoms with E-state index in [1.807, 2.05) is 0 Å². The Morgan fingerprint density at radius 1 is 1.45 bits per heavy atom. The van der Waals surface area contributed by atoms with Gasteiger partial charge < -0.3 is 4.74 Å². The molecule has 0 heterocycles. The molecule has 0 aliphatic carbocycles. The van der Waals surface area contributed by atoms with Crippen molar-refractivity contribution in [3.8, 4) is 0 Å². The van der Waals surface area contributed by atoms with E-state index in [0.29, 0.717) is 19.0 Å². The number of hydrogen-bond acceptors (Lipinski definition) is 2. The lowest BCUT2D eigenvalue weighted by atomic mass is 10.0. The van der Waals surface area contributed by atoms with Gasteiger partial charge in [-0.05, 0) is 12.3 Å². The molecule has 2 nitrogen and oxygen atoms in total. The molecule has 2 heteroatoms. The summed E-state index contributed by atoms with van der Waals surface area (Å²) in [5, 5.41) is 0. The summed E-state index contributed by atoms with van der Waals surface area (Å²) in [5.74, 6) is 0.520. The van der Waals surface area contributed by atoms with Crippen molar-refractivity contribution in [2.24, 2.45) is 5.92 Å². The Balaban J connectivity index is 3.08. The van der Waals surface area contributed by atoms with E-state index in [4.69, 9.17) is 0 Å². The summed E-state index contributed by atoms with van der Waals surface area (Å²) in [6.45, 7) is 5.40. The van der Waals surface area contributed by atoms with E-state index in [2.05, 4.69) is 18.6 Å². The highest BCUT2D eigenvalue weighted by Gasteiger charge is 2.00. The highest BCUT2D eigenvalue weighted by Crippen LogP contribution is 2.08. The van der Waals surface area contributed by atoms with Crippen LogP contribution in [0.2, 0.25) is 0 Å². The molecule has 0 aliphatic rings. The zero-order valence-electron chi connectivity index (χ0n) is 7.51. The van der Waals surface area contributed by atoms with Crippen LogP contribution in [0.1, 0.15) is 39.5 Å². The third kappa shape index (κ3) is 7.37. The topological polar surface area (TPSA) is 26.3 Å². The van der Waals surface area contributed by atoms with Gasteiger partial charge in [-0.15, -0.1) is 0 Å². The SMILES string of the molecule is CCCCCC(C)COC=O. The van der Waals surface area contributed by atoms with Gasteiger partial charge in [0.2, 0.25) is 0 Å². The first-order chi connectivity index (χ1) is 5.31. The summed E-state index contributed by atoms with van der Waals surface area (Å²) in [4.78, 5) is 9.82. The number of unbranched alkanes of at least 4 members (excludes halogenated alkanes) is 2. The van der Waals surface area contributed by atoms with Crippen LogP contribution in [0.3, 0.4) is 0 Å². The quantitative estimate of drug-likeness (QED) is 0.420. The summed E-state index contributed by atoms with van der Waals surface area (Å²) in [7, 11) is 0. The minimum atomic E-state index is 0.520. The van der Waals surface area contributed by atoms with Crippen molar-refractivity contribution in [2.45, 2.75) is 39.5 Å². The van der Waals surface area contributed by atoms with Crippen molar-refractivity contribution >= 4 is 6.47 Å². The molecule has 0 aliphatic heterocycles. The van der Waals surface area contributed by atoms with Gasteiger partial charge in [-0.2, -0.15) is 0 Å². The Labute approximate surface area is 68.9 Å². The van der Waals surface area contributed by atoms with Crippen LogP contribution in [-0.4, -0.2) is 13.1 Å². The lowest BCUT2D eigenvalue weighted by Gasteiger charge is -2.08. The Morgan fingerprint density at radius 2 is 2.18 bits per heavy atom. The van der Waals surface area contributed by atoms with Crippen LogP contribution in [0, 0.1) is 5.92 Å².